The molecule has 0 fully saturated rings. The van der Waals surface area contributed by atoms with Crippen LogP contribution in [-0.4, -0.2) is 34.2 Å². The Bertz CT molecular complexity index is 1020. The molecule has 1 N–H and O–H groups in total. The number of hydrogen-bond donors (Lipinski definition) is 1. The lowest BCUT2D eigenvalue weighted by atomic mass is 10.1. The molecule has 2 aromatic heterocycles. The highest BCUT2D eigenvalue weighted by Crippen LogP contribution is 2.14. The smallest absolute Gasteiger partial charge is 0.269 e. The van der Waals surface area contributed by atoms with Crippen molar-refractivity contribution in [3.63, 3.8) is 0 Å². The maximum Gasteiger partial charge on any atom is 0.269 e. The van der Waals surface area contributed by atoms with Crippen molar-refractivity contribution in [1.29, 1.82) is 0 Å². The van der Waals surface area contributed by atoms with Gasteiger partial charge in [0.05, 0.1) is 17.2 Å². The van der Waals surface area contributed by atoms with E-state index in [0.717, 1.165) is 0 Å². The first kappa shape index (κ1) is 18.6. The number of sulfonamides is 1. The quantitative estimate of drug-likeness (QED) is 0.453. The van der Waals surface area contributed by atoms with E-state index in [0.29, 0.717) is 17.0 Å². The van der Waals surface area contributed by atoms with Gasteiger partial charge in [-0.3, -0.25) is 15.1 Å². The molecule has 0 saturated carbocycles. The maximum atomic E-state index is 12.1. The molecule has 0 saturated heterocycles. The molecule has 0 radical (unpaired) electrons. The fraction of sp³-hybridized carbons (Fsp3) is 0.188. The number of benzene rings is 1. The molecule has 2 heterocycles. The second-order valence-corrected chi connectivity index (χ2v) is 7.49. The molecule has 0 aliphatic heterocycles. The molecule has 1 aromatic carbocycles. The van der Waals surface area contributed by atoms with E-state index in [4.69, 9.17) is 4.52 Å². The van der Waals surface area contributed by atoms with E-state index in [1.54, 1.807) is 24.5 Å². The summed E-state index contributed by atoms with van der Waals surface area (Å²) in [7, 11) is -3.58. The SMILES string of the molecule is O=[N+]([O-])c1ccc(CCS(=O)(=O)NCc2nc(-c3ccncc3)no2)cc1. The van der Waals surface area contributed by atoms with Crippen LogP contribution in [0.5, 0.6) is 0 Å². The van der Waals surface area contributed by atoms with Crippen LogP contribution in [0.1, 0.15) is 11.5 Å². The third kappa shape index (κ3) is 5.15. The average molecular weight is 389 g/mol. The van der Waals surface area contributed by atoms with Gasteiger partial charge in [-0.15, -0.1) is 0 Å². The van der Waals surface area contributed by atoms with Crippen LogP contribution in [0, 0.1) is 10.1 Å². The van der Waals surface area contributed by atoms with E-state index in [-0.39, 0.29) is 30.3 Å². The molecule has 11 heteroatoms. The number of aromatic nitrogens is 3. The minimum atomic E-state index is -3.58. The Kier molecular flexibility index (Phi) is 5.52. The van der Waals surface area contributed by atoms with Crippen molar-refractivity contribution in [2.24, 2.45) is 0 Å². The maximum absolute atomic E-state index is 12.1. The summed E-state index contributed by atoms with van der Waals surface area (Å²) in [6, 6.07) is 9.17. The van der Waals surface area contributed by atoms with Crippen LogP contribution < -0.4 is 4.72 Å². The highest BCUT2D eigenvalue weighted by atomic mass is 32.2. The Morgan fingerprint density at radius 2 is 1.81 bits per heavy atom. The topological polar surface area (TPSA) is 141 Å². The molecule has 10 nitrogen and oxygen atoms in total. The first-order valence-electron chi connectivity index (χ1n) is 7.86. The van der Waals surface area contributed by atoms with Crippen LogP contribution in [0.3, 0.4) is 0 Å². The van der Waals surface area contributed by atoms with Crippen molar-refractivity contribution in [3.8, 4) is 11.4 Å². The lowest BCUT2D eigenvalue weighted by molar-refractivity contribution is -0.384. The Morgan fingerprint density at radius 3 is 2.48 bits per heavy atom. The van der Waals surface area contributed by atoms with Crippen molar-refractivity contribution in [3.05, 3.63) is 70.4 Å². The zero-order chi connectivity index (χ0) is 19.3. The van der Waals surface area contributed by atoms with Gasteiger partial charge in [0.1, 0.15) is 0 Å². The van der Waals surface area contributed by atoms with Crippen molar-refractivity contribution < 1.29 is 17.9 Å². The number of pyridine rings is 1. The molecule has 0 aliphatic carbocycles. The van der Waals surface area contributed by atoms with Gasteiger partial charge in [-0.1, -0.05) is 17.3 Å². The molecule has 0 unspecified atom stereocenters. The molecule has 3 rings (SSSR count). The number of aryl methyl sites for hydroxylation is 1. The monoisotopic (exact) mass is 389 g/mol. The summed E-state index contributed by atoms with van der Waals surface area (Å²) in [6.45, 7) is -0.124. The molecular weight excluding hydrogens is 374 g/mol. The summed E-state index contributed by atoms with van der Waals surface area (Å²) < 4.78 is 31.7. The number of non-ortho nitro benzene ring substituents is 1. The van der Waals surface area contributed by atoms with Crippen LogP contribution in [-0.2, 0) is 23.0 Å². The van der Waals surface area contributed by atoms with Gasteiger partial charge in [0, 0.05) is 30.1 Å². The highest BCUT2D eigenvalue weighted by Gasteiger charge is 2.14. The van der Waals surface area contributed by atoms with Crippen LogP contribution in [0.25, 0.3) is 11.4 Å². The summed E-state index contributed by atoms with van der Waals surface area (Å²) in [5, 5.41) is 14.4. The Hall–Kier alpha value is -3.18. The van der Waals surface area contributed by atoms with Gasteiger partial charge in [0.15, 0.2) is 0 Å². The number of nitrogens with one attached hydrogen (secondary N) is 1. The Morgan fingerprint density at radius 1 is 1.11 bits per heavy atom. The molecule has 0 spiro atoms. The van der Waals surface area contributed by atoms with E-state index in [2.05, 4.69) is 19.8 Å². The zero-order valence-electron chi connectivity index (χ0n) is 14.0. The molecular formula is C16H15N5O5S. The van der Waals surface area contributed by atoms with Gasteiger partial charge in [0.2, 0.25) is 21.7 Å². The van der Waals surface area contributed by atoms with E-state index >= 15 is 0 Å². The summed E-state index contributed by atoms with van der Waals surface area (Å²) in [5.41, 5.74) is 1.35. The average Bonchev–Trinajstić information content (AvgIpc) is 3.15. The molecule has 3 aromatic rings. The van der Waals surface area contributed by atoms with Gasteiger partial charge in [-0.25, -0.2) is 13.1 Å². The molecule has 140 valence electrons. The van der Waals surface area contributed by atoms with Crippen LogP contribution in [0.4, 0.5) is 5.69 Å². The highest BCUT2D eigenvalue weighted by molar-refractivity contribution is 7.89. The minimum Gasteiger partial charge on any atom is -0.338 e. The van der Waals surface area contributed by atoms with Crippen molar-refractivity contribution >= 4 is 15.7 Å². The van der Waals surface area contributed by atoms with Crippen LogP contribution in [0.2, 0.25) is 0 Å². The van der Waals surface area contributed by atoms with Gasteiger partial charge in [0.25, 0.3) is 5.69 Å². The van der Waals surface area contributed by atoms with Crippen molar-refractivity contribution in [1.82, 2.24) is 19.8 Å². The third-order valence-corrected chi connectivity index (χ3v) is 4.98. The molecule has 27 heavy (non-hydrogen) atoms. The second-order valence-electron chi connectivity index (χ2n) is 5.56. The van der Waals surface area contributed by atoms with E-state index in [9.17, 15) is 18.5 Å². The normalized spacial score (nSPS) is 11.4. The predicted octanol–water partition coefficient (Wildman–Crippen LogP) is 1.70. The Labute approximate surface area is 154 Å². The summed E-state index contributed by atoms with van der Waals surface area (Å²) in [6.07, 6.45) is 3.40. The number of nitro groups is 1. The minimum absolute atomic E-state index is 0.0406. The zero-order valence-corrected chi connectivity index (χ0v) is 14.8. The first-order chi connectivity index (χ1) is 12.9. The number of nitrogens with zero attached hydrogens (tertiary/aromatic N) is 4. The fourth-order valence-electron chi connectivity index (χ4n) is 2.23. The molecule has 0 bridgehead atoms. The van der Waals surface area contributed by atoms with Crippen LogP contribution in [0.15, 0.2) is 53.3 Å². The van der Waals surface area contributed by atoms with E-state index in [1.165, 1.54) is 24.3 Å². The van der Waals surface area contributed by atoms with Gasteiger partial charge in [-0.2, -0.15) is 4.98 Å². The lowest BCUT2D eigenvalue weighted by Crippen LogP contribution is -2.27. The van der Waals surface area contributed by atoms with Crippen LogP contribution >= 0.6 is 0 Å². The third-order valence-electron chi connectivity index (χ3n) is 3.66. The summed E-state index contributed by atoms with van der Waals surface area (Å²) in [5.74, 6) is 0.314. The second kappa shape index (κ2) is 8.01. The molecule has 0 amide bonds. The lowest BCUT2D eigenvalue weighted by Gasteiger charge is -2.04. The van der Waals surface area contributed by atoms with Crippen molar-refractivity contribution in [2.75, 3.05) is 5.75 Å². The van der Waals surface area contributed by atoms with E-state index in [1.807, 2.05) is 0 Å². The first-order valence-corrected chi connectivity index (χ1v) is 9.52. The van der Waals surface area contributed by atoms with Gasteiger partial charge < -0.3 is 4.52 Å². The van der Waals surface area contributed by atoms with Gasteiger partial charge >= 0.3 is 0 Å². The largest absolute Gasteiger partial charge is 0.338 e. The van der Waals surface area contributed by atoms with Crippen molar-refractivity contribution in [2.45, 2.75) is 13.0 Å². The molecule has 0 atom stereocenters. The summed E-state index contributed by atoms with van der Waals surface area (Å²) >= 11 is 0. The van der Waals surface area contributed by atoms with Gasteiger partial charge in [-0.05, 0) is 24.1 Å². The Balaban J connectivity index is 1.54. The number of rotatable bonds is 8. The standard InChI is InChI=1S/C16H15N5O5S/c22-21(23)14-3-1-12(2-4-14)7-10-27(24,25)18-11-15-19-16(20-26-15)13-5-8-17-9-6-13/h1-6,8-9,18H,7,10-11H2. The fourth-order valence-corrected chi connectivity index (χ4v) is 3.22. The predicted molar refractivity (Wildman–Crippen MR) is 95.0 cm³/mol. The van der Waals surface area contributed by atoms with E-state index < -0.39 is 14.9 Å². The summed E-state index contributed by atoms with van der Waals surface area (Å²) in [4.78, 5) is 18.1. The molecule has 0 aliphatic rings. The number of nitro benzene ring substituents is 1. The number of hydrogen-bond acceptors (Lipinski definition) is 8.